The molecule has 0 bridgehead atoms. The maximum Gasteiger partial charge on any atom is 0.339 e. The Morgan fingerprint density at radius 3 is 2.56 bits per heavy atom. The Hall–Kier alpha value is -2.52. The number of carbonyl (C=O) groups excluding carboxylic acids is 1. The number of carbonyl (C=O) groups is 1. The molecule has 0 aliphatic rings. The van der Waals surface area contributed by atoms with E-state index in [-0.39, 0.29) is 5.97 Å². The van der Waals surface area contributed by atoms with Crippen molar-refractivity contribution in [1.29, 1.82) is 0 Å². The lowest BCUT2D eigenvalue weighted by atomic mass is 9.99. The van der Waals surface area contributed by atoms with Crippen molar-refractivity contribution in [3.8, 4) is 0 Å². The molecule has 1 aromatic heterocycles. The van der Waals surface area contributed by atoms with Gasteiger partial charge in [0.25, 0.3) is 0 Å². The monoisotopic (exact) mass is 381 g/mol. The predicted octanol–water partition coefficient (Wildman–Crippen LogP) is 5.46. The van der Waals surface area contributed by atoms with E-state index in [1.807, 2.05) is 44.3 Å². The summed E-state index contributed by atoms with van der Waals surface area (Å²) in [5.74, 6) is -0.283. The molecule has 0 radical (unpaired) electrons. The fraction of sp³-hybridized carbons (Fsp3) is 0.261. The minimum absolute atomic E-state index is 0.283. The Balaban J connectivity index is 1.80. The van der Waals surface area contributed by atoms with Crippen LogP contribution in [-0.4, -0.2) is 17.1 Å². The second-order valence-electron chi connectivity index (χ2n) is 6.62. The molecular weight excluding hydrogens is 358 g/mol. The highest BCUT2D eigenvalue weighted by atomic mass is 35.5. The third kappa shape index (κ3) is 5.01. The first-order valence-corrected chi connectivity index (χ1v) is 9.59. The average molecular weight is 382 g/mol. The third-order valence-corrected chi connectivity index (χ3v) is 4.89. The lowest BCUT2D eigenvalue weighted by Gasteiger charge is -2.13. The summed E-state index contributed by atoms with van der Waals surface area (Å²) in [5.41, 5.74) is 5.37. The van der Waals surface area contributed by atoms with Crippen LogP contribution in [-0.2, 0) is 24.1 Å². The van der Waals surface area contributed by atoms with Gasteiger partial charge in [0.1, 0.15) is 0 Å². The van der Waals surface area contributed by atoms with Gasteiger partial charge in [-0.05, 0) is 61.6 Å². The summed E-state index contributed by atoms with van der Waals surface area (Å²) in [5, 5.41) is 0.726. The van der Waals surface area contributed by atoms with Crippen LogP contribution >= 0.6 is 11.6 Å². The van der Waals surface area contributed by atoms with E-state index in [1.165, 1.54) is 16.7 Å². The molecule has 3 nitrogen and oxygen atoms in total. The van der Waals surface area contributed by atoms with Crippen molar-refractivity contribution in [3.05, 3.63) is 93.8 Å². The van der Waals surface area contributed by atoms with E-state index in [4.69, 9.17) is 16.3 Å². The molecule has 0 fully saturated rings. The Morgan fingerprint density at radius 1 is 1.04 bits per heavy atom. The molecule has 27 heavy (non-hydrogen) atoms. The number of benzene rings is 2. The number of hydrogen-bond acceptors (Lipinski definition) is 2. The number of rotatable bonds is 7. The summed E-state index contributed by atoms with van der Waals surface area (Å²) < 4.78 is 7.18. The van der Waals surface area contributed by atoms with Gasteiger partial charge in [-0.15, -0.1) is 0 Å². The maximum absolute atomic E-state index is 12.0. The standard InChI is InChI=1S/C23H24ClNO2/c1-3-27-23(26)21-13-17(2)25(16-21)15-20-14-22(24)12-11-19(20)10-9-18-7-5-4-6-8-18/h4-8,11-14,16H,3,9-10,15H2,1-2H3. The van der Waals surface area contributed by atoms with Crippen molar-refractivity contribution in [2.75, 3.05) is 6.61 Å². The number of ether oxygens (including phenoxy) is 1. The molecule has 0 atom stereocenters. The third-order valence-electron chi connectivity index (χ3n) is 4.66. The van der Waals surface area contributed by atoms with Crippen molar-refractivity contribution < 1.29 is 9.53 Å². The lowest BCUT2D eigenvalue weighted by Crippen LogP contribution is -2.06. The molecule has 2 aromatic carbocycles. The highest BCUT2D eigenvalue weighted by molar-refractivity contribution is 6.30. The van der Waals surface area contributed by atoms with Crippen molar-refractivity contribution >= 4 is 17.6 Å². The van der Waals surface area contributed by atoms with Gasteiger partial charge in [0, 0.05) is 23.5 Å². The first-order valence-electron chi connectivity index (χ1n) is 9.22. The summed E-state index contributed by atoms with van der Waals surface area (Å²) in [4.78, 5) is 12.0. The van der Waals surface area contributed by atoms with Crippen LogP contribution in [0.2, 0.25) is 5.02 Å². The lowest BCUT2D eigenvalue weighted by molar-refractivity contribution is 0.0526. The summed E-state index contributed by atoms with van der Waals surface area (Å²) in [6.07, 6.45) is 3.78. The average Bonchev–Trinajstić information content (AvgIpc) is 3.03. The van der Waals surface area contributed by atoms with E-state index in [9.17, 15) is 4.79 Å². The fourth-order valence-corrected chi connectivity index (χ4v) is 3.40. The van der Waals surface area contributed by atoms with Gasteiger partial charge in [-0.3, -0.25) is 0 Å². The highest BCUT2D eigenvalue weighted by Crippen LogP contribution is 2.21. The molecule has 0 amide bonds. The first-order chi connectivity index (χ1) is 13.1. The molecule has 3 aromatic rings. The Labute approximate surface area is 165 Å². The number of halogens is 1. The fourth-order valence-electron chi connectivity index (χ4n) is 3.20. The zero-order valence-electron chi connectivity index (χ0n) is 15.7. The molecule has 4 heteroatoms. The van der Waals surface area contributed by atoms with E-state index >= 15 is 0 Å². The van der Waals surface area contributed by atoms with Gasteiger partial charge in [0.05, 0.1) is 12.2 Å². The Kier molecular flexibility index (Phi) is 6.36. The van der Waals surface area contributed by atoms with Crippen LogP contribution in [0.25, 0.3) is 0 Å². The highest BCUT2D eigenvalue weighted by Gasteiger charge is 2.13. The number of hydrogen-bond donors (Lipinski definition) is 0. The minimum Gasteiger partial charge on any atom is -0.462 e. The smallest absolute Gasteiger partial charge is 0.339 e. The van der Waals surface area contributed by atoms with Gasteiger partial charge in [-0.25, -0.2) is 4.79 Å². The normalized spacial score (nSPS) is 10.8. The van der Waals surface area contributed by atoms with Crippen LogP contribution in [0.3, 0.4) is 0 Å². The van der Waals surface area contributed by atoms with Crippen molar-refractivity contribution in [2.24, 2.45) is 0 Å². The zero-order chi connectivity index (χ0) is 19.2. The van der Waals surface area contributed by atoms with Crippen LogP contribution in [0.15, 0.2) is 60.8 Å². The van der Waals surface area contributed by atoms with Crippen molar-refractivity contribution in [1.82, 2.24) is 4.57 Å². The topological polar surface area (TPSA) is 31.2 Å². The van der Waals surface area contributed by atoms with Crippen LogP contribution in [0.4, 0.5) is 0 Å². The van der Waals surface area contributed by atoms with Crippen LogP contribution in [0, 0.1) is 6.92 Å². The van der Waals surface area contributed by atoms with Gasteiger partial charge in [-0.2, -0.15) is 0 Å². The largest absolute Gasteiger partial charge is 0.462 e. The molecular formula is C23H24ClNO2. The molecule has 0 spiro atoms. The molecule has 1 heterocycles. The van der Waals surface area contributed by atoms with Crippen LogP contribution < -0.4 is 0 Å². The molecule has 0 saturated heterocycles. The molecule has 0 saturated carbocycles. The molecule has 0 aliphatic carbocycles. The molecule has 0 aliphatic heterocycles. The molecule has 140 valence electrons. The predicted molar refractivity (Wildman–Crippen MR) is 110 cm³/mol. The molecule has 3 rings (SSSR count). The number of aryl methyl sites for hydroxylation is 3. The van der Waals surface area contributed by atoms with E-state index in [0.717, 1.165) is 23.6 Å². The van der Waals surface area contributed by atoms with Gasteiger partial charge in [0.2, 0.25) is 0 Å². The summed E-state index contributed by atoms with van der Waals surface area (Å²) in [7, 11) is 0. The van der Waals surface area contributed by atoms with Crippen LogP contribution in [0.5, 0.6) is 0 Å². The second-order valence-corrected chi connectivity index (χ2v) is 7.05. The van der Waals surface area contributed by atoms with E-state index in [0.29, 0.717) is 18.7 Å². The summed E-state index contributed by atoms with van der Waals surface area (Å²) in [6.45, 7) is 4.86. The Morgan fingerprint density at radius 2 is 1.81 bits per heavy atom. The van der Waals surface area contributed by atoms with Crippen LogP contribution in [0.1, 0.15) is 39.7 Å². The summed E-state index contributed by atoms with van der Waals surface area (Å²) in [6, 6.07) is 18.4. The minimum atomic E-state index is -0.283. The maximum atomic E-state index is 12.0. The number of aromatic nitrogens is 1. The zero-order valence-corrected chi connectivity index (χ0v) is 16.5. The Bertz CT molecular complexity index is 915. The molecule has 0 unspecified atom stereocenters. The second kappa shape index (κ2) is 8.92. The van der Waals surface area contributed by atoms with Gasteiger partial charge in [-0.1, -0.05) is 48.0 Å². The van der Waals surface area contributed by atoms with Crippen molar-refractivity contribution in [2.45, 2.75) is 33.2 Å². The van der Waals surface area contributed by atoms with Gasteiger partial charge >= 0.3 is 5.97 Å². The van der Waals surface area contributed by atoms with E-state index in [2.05, 4.69) is 34.9 Å². The summed E-state index contributed by atoms with van der Waals surface area (Å²) >= 11 is 6.25. The quantitative estimate of drug-likeness (QED) is 0.509. The van der Waals surface area contributed by atoms with Crippen molar-refractivity contribution in [3.63, 3.8) is 0 Å². The number of esters is 1. The SMILES string of the molecule is CCOC(=O)c1cc(C)n(Cc2cc(Cl)ccc2CCc2ccccc2)c1. The van der Waals surface area contributed by atoms with Gasteiger partial charge in [0.15, 0.2) is 0 Å². The number of nitrogens with zero attached hydrogens (tertiary/aromatic N) is 1. The molecule has 0 N–H and O–H groups in total. The first kappa shape index (κ1) is 19.2. The van der Waals surface area contributed by atoms with Gasteiger partial charge < -0.3 is 9.30 Å². The van der Waals surface area contributed by atoms with E-state index in [1.54, 1.807) is 0 Å². The van der Waals surface area contributed by atoms with E-state index < -0.39 is 0 Å².